The van der Waals surface area contributed by atoms with Crippen LogP contribution in [-0.4, -0.2) is 65.2 Å². The highest BCUT2D eigenvalue weighted by Gasteiger charge is 2.32. The molecule has 0 aromatic heterocycles. The van der Waals surface area contributed by atoms with Crippen LogP contribution in [0.1, 0.15) is 30.0 Å². The zero-order valence-electron chi connectivity index (χ0n) is 18.5. The third-order valence-corrected chi connectivity index (χ3v) is 7.07. The first-order valence-electron chi connectivity index (χ1n) is 10.6. The molecule has 31 heavy (non-hydrogen) atoms. The van der Waals surface area contributed by atoms with Crippen LogP contribution in [0.2, 0.25) is 0 Å². The summed E-state index contributed by atoms with van der Waals surface area (Å²) >= 11 is -2.16. The van der Waals surface area contributed by atoms with Gasteiger partial charge in [-0.25, -0.2) is 0 Å². The van der Waals surface area contributed by atoms with Crippen LogP contribution < -0.4 is 9.62 Å². The third-order valence-electron chi connectivity index (χ3n) is 6.10. The second-order valence-electron chi connectivity index (χ2n) is 8.59. The van der Waals surface area contributed by atoms with Gasteiger partial charge in [-0.3, -0.25) is 9.35 Å². The molecule has 3 N–H and O–H groups in total. The first-order valence-corrected chi connectivity index (χ1v) is 11.6. The van der Waals surface area contributed by atoms with Crippen molar-refractivity contribution in [3.8, 4) is 0 Å². The summed E-state index contributed by atoms with van der Waals surface area (Å²) in [6.45, 7) is 2.91. The van der Waals surface area contributed by atoms with Gasteiger partial charge in [0.2, 0.25) is 5.91 Å². The Morgan fingerprint density at radius 2 is 1.84 bits per heavy atom. The van der Waals surface area contributed by atoms with Crippen LogP contribution in [0.3, 0.4) is 0 Å². The summed E-state index contributed by atoms with van der Waals surface area (Å²) in [4.78, 5) is 17.6. The molecule has 1 aliphatic rings. The number of nitrogen functional groups attached to an aromatic ring is 1. The van der Waals surface area contributed by atoms with Gasteiger partial charge in [0, 0.05) is 30.9 Å². The van der Waals surface area contributed by atoms with Gasteiger partial charge in [0.15, 0.2) is 5.69 Å². The fraction of sp³-hybridized carbons (Fsp3) is 0.435. The maximum Gasteiger partial charge on any atom is 0.363 e. The number of benzene rings is 2. The molecule has 0 spiro atoms. The molecule has 1 unspecified atom stereocenters. The second kappa shape index (κ2) is 9.91. The molecular formula is C23H33N4O3S+. The lowest BCUT2D eigenvalue weighted by molar-refractivity contribution is -0.131. The minimum Gasteiger partial charge on any atom is -0.399 e. The van der Waals surface area contributed by atoms with Crippen LogP contribution in [0, 0.1) is 0 Å². The van der Waals surface area contributed by atoms with E-state index in [0.717, 1.165) is 25.2 Å². The number of hydrogen-bond acceptors (Lipinski definition) is 4. The normalized spacial score (nSPS) is 16.8. The first-order chi connectivity index (χ1) is 14.7. The average Bonchev–Trinajstić information content (AvgIpc) is 3.26. The SMILES string of the molecule is CN(C(=O)Cc1ccc(N)cc1[N+](C)(C)S(=O)O)[C@H](CN1CCCC1)c1ccccc1. The van der Waals surface area contributed by atoms with E-state index in [-0.39, 0.29) is 22.3 Å². The van der Waals surface area contributed by atoms with Gasteiger partial charge in [0.1, 0.15) is 0 Å². The zero-order valence-corrected chi connectivity index (χ0v) is 19.3. The summed E-state index contributed by atoms with van der Waals surface area (Å²) in [5.74, 6) is -0.0391. The molecule has 1 amide bonds. The van der Waals surface area contributed by atoms with E-state index in [0.29, 0.717) is 16.9 Å². The summed E-state index contributed by atoms with van der Waals surface area (Å²) < 4.78 is 21.4. The summed E-state index contributed by atoms with van der Waals surface area (Å²) in [6.07, 6.45) is 2.52. The maximum atomic E-state index is 13.4. The van der Waals surface area contributed by atoms with Crippen molar-refractivity contribution in [2.75, 3.05) is 46.5 Å². The Bertz CT molecular complexity index is 930. The molecule has 8 heteroatoms. The van der Waals surface area contributed by atoms with Gasteiger partial charge in [0.05, 0.1) is 26.6 Å². The summed E-state index contributed by atoms with van der Waals surface area (Å²) in [5, 5.41) is 0. The van der Waals surface area contributed by atoms with E-state index in [9.17, 15) is 13.6 Å². The Morgan fingerprint density at radius 1 is 1.19 bits per heavy atom. The Labute approximate surface area is 187 Å². The van der Waals surface area contributed by atoms with Crippen LogP contribution >= 0.6 is 0 Å². The van der Waals surface area contributed by atoms with Crippen molar-refractivity contribution in [3.05, 3.63) is 59.7 Å². The van der Waals surface area contributed by atoms with Crippen molar-refractivity contribution in [2.45, 2.75) is 25.3 Å². The number of carbonyl (C=O) groups is 1. The van der Waals surface area contributed by atoms with Gasteiger partial charge in [0.25, 0.3) is 0 Å². The molecule has 1 fully saturated rings. The van der Waals surface area contributed by atoms with E-state index in [2.05, 4.69) is 17.0 Å². The predicted molar refractivity (Wildman–Crippen MR) is 127 cm³/mol. The average molecular weight is 446 g/mol. The van der Waals surface area contributed by atoms with Gasteiger partial charge < -0.3 is 15.5 Å². The van der Waals surface area contributed by atoms with Gasteiger partial charge in [-0.05, 0) is 37.6 Å². The fourth-order valence-corrected chi connectivity index (χ4v) is 4.45. The molecule has 0 bridgehead atoms. The highest BCUT2D eigenvalue weighted by molar-refractivity contribution is 7.78. The minimum absolute atomic E-state index is 0.0391. The molecule has 0 saturated carbocycles. The number of hydrogen-bond donors (Lipinski definition) is 2. The molecule has 3 rings (SSSR count). The number of rotatable bonds is 8. The smallest absolute Gasteiger partial charge is 0.363 e. The van der Waals surface area contributed by atoms with Crippen molar-refractivity contribution >= 4 is 28.5 Å². The molecule has 1 heterocycles. The molecule has 7 nitrogen and oxygen atoms in total. The van der Waals surface area contributed by atoms with Crippen LogP contribution in [0.4, 0.5) is 11.4 Å². The van der Waals surface area contributed by atoms with E-state index in [1.165, 1.54) is 12.8 Å². The summed E-state index contributed by atoms with van der Waals surface area (Å²) in [7, 11) is 5.10. The van der Waals surface area contributed by atoms with Crippen LogP contribution in [0.15, 0.2) is 48.5 Å². The largest absolute Gasteiger partial charge is 0.399 e. The quantitative estimate of drug-likeness (QED) is 0.371. The lowest BCUT2D eigenvalue weighted by Gasteiger charge is -2.32. The second-order valence-corrected chi connectivity index (χ2v) is 9.96. The number of carbonyl (C=O) groups excluding carboxylic acids is 1. The number of likely N-dealkylation sites (tertiary alicyclic amines) is 1. The lowest BCUT2D eigenvalue weighted by Crippen LogP contribution is -2.43. The molecular weight excluding hydrogens is 412 g/mol. The van der Waals surface area contributed by atoms with Crippen molar-refractivity contribution in [3.63, 3.8) is 0 Å². The van der Waals surface area contributed by atoms with E-state index < -0.39 is 11.3 Å². The number of nitrogens with two attached hydrogens (primary N) is 1. The highest BCUT2D eigenvalue weighted by atomic mass is 32.2. The Morgan fingerprint density at radius 3 is 2.45 bits per heavy atom. The zero-order chi connectivity index (χ0) is 22.6. The van der Waals surface area contributed by atoms with Crippen LogP contribution in [0.25, 0.3) is 0 Å². The molecule has 0 aliphatic carbocycles. The molecule has 1 aliphatic heterocycles. The van der Waals surface area contributed by atoms with Gasteiger partial charge >= 0.3 is 11.3 Å². The highest BCUT2D eigenvalue weighted by Crippen LogP contribution is 2.30. The predicted octanol–water partition coefficient (Wildman–Crippen LogP) is 2.81. The fourth-order valence-electron chi connectivity index (χ4n) is 4.11. The van der Waals surface area contributed by atoms with E-state index in [1.54, 1.807) is 32.3 Å². The van der Waals surface area contributed by atoms with Crippen molar-refractivity contribution in [1.29, 1.82) is 0 Å². The summed E-state index contributed by atoms with van der Waals surface area (Å²) in [5.41, 5.74) is 8.81. The Hall–Kier alpha value is -2.26. The topological polar surface area (TPSA) is 86.9 Å². The number of anilines is 1. The monoisotopic (exact) mass is 445 g/mol. The maximum absolute atomic E-state index is 13.4. The van der Waals surface area contributed by atoms with Crippen molar-refractivity contribution in [2.24, 2.45) is 0 Å². The van der Waals surface area contributed by atoms with E-state index in [1.807, 2.05) is 30.1 Å². The van der Waals surface area contributed by atoms with Gasteiger partial charge in [-0.2, -0.15) is 8.10 Å². The minimum atomic E-state index is -2.16. The molecule has 2 aromatic rings. The van der Waals surface area contributed by atoms with Crippen molar-refractivity contribution < 1.29 is 13.6 Å². The molecule has 1 saturated heterocycles. The summed E-state index contributed by atoms with van der Waals surface area (Å²) in [6, 6.07) is 15.2. The number of quaternary nitrogens is 1. The van der Waals surface area contributed by atoms with Crippen LogP contribution in [0.5, 0.6) is 0 Å². The number of likely N-dealkylation sites (N-methyl/N-ethyl adjacent to an activating group) is 1. The first kappa shape index (κ1) is 23.4. The third kappa shape index (κ3) is 5.51. The lowest BCUT2D eigenvalue weighted by atomic mass is 10.0. The Kier molecular flexibility index (Phi) is 7.48. The molecule has 168 valence electrons. The van der Waals surface area contributed by atoms with Gasteiger partial charge in [-0.1, -0.05) is 36.4 Å². The Balaban J connectivity index is 1.86. The van der Waals surface area contributed by atoms with Crippen molar-refractivity contribution in [1.82, 2.24) is 13.7 Å². The molecule has 2 aromatic carbocycles. The molecule has 0 radical (unpaired) electrons. The number of amides is 1. The number of nitrogens with zero attached hydrogens (tertiary/aromatic N) is 3. The standard InChI is InChI=1S/C23H32N4O3S/c1-25(21(17-26-13-7-8-14-26)18-9-5-4-6-10-18)23(28)15-19-11-12-20(24)16-22(19)27(2,3)31(29)30/h4-6,9-12,16,21H,7-8,13-15,17,24H2,1-3H3/p+1/t21-/m1/s1. The molecule has 2 atom stereocenters. The van der Waals surface area contributed by atoms with E-state index >= 15 is 0 Å². The van der Waals surface area contributed by atoms with Crippen LogP contribution in [-0.2, 0) is 22.5 Å². The van der Waals surface area contributed by atoms with Gasteiger partial charge in [-0.15, -0.1) is 0 Å². The van der Waals surface area contributed by atoms with E-state index in [4.69, 9.17) is 5.73 Å².